The minimum absolute atomic E-state index is 0.0584. The van der Waals surface area contributed by atoms with Gasteiger partial charge in [-0.25, -0.2) is 0 Å². The van der Waals surface area contributed by atoms with Crippen molar-refractivity contribution in [2.75, 3.05) is 46.1 Å². The lowest BCUT2D eigenvalue weighted by atomic mass is 9.84. The standard InChI is InChI=1S/C29H33N5O4S/c1-3-36-25-16-20(6-9-24(25)37-15-12-34-10-13-35-14-11-34)26-22(17-30)28(31)38-29-27(26)23(32-33-29)18-39-21-7-4-19(2)5-8-21/h4-9,16,26H,3,10-15,18,31H2,1-2H3,(H,32,33). The van der Waals surface area contributed by atoms with Crippen LogP contribution in [0, 0.1) is 18.3 Å². The normalized spacial score (nSPS) is 17.3. The third-order valence-corrected chi connectivity index (χ3v) is 7.83. The van der Waals surface area contributed by atoms with Crippen LogP contribution >= 0.6 is 11.8 Å². The molecule has 3 aromatic rings. The van der Waals surface area contributed by atoms with Crippen molar-refractivity contribution in [1.82, 2.24) is 15.1 Å². The molecule has 0 radical (unpaired) electrons. The van der Waals surface area contributed by atoms with Gasteiger partial charge in [0.25, 0.3) is 0 Å². The minimum Gasteiger partial charge on any atom is -0.490 e. The highest BCUT2D eigenvalue weighted by Gasteiger charge is 2.35. The van der Waals surface area contributed by atoms with Gasteiger partial charge in [-0.05, 0) is 43.7 Å². The molecule has 10 heteroatoms. The molecule has 1 unspecified atom stereocenters. The second kappa shape index (κ2) is 12.5. The van der Waals surface area contributed by atoms with E-state index in [-0.39, 0.29) is 5.88 Å². The molecule has 2 aromatic carbocycles. The quantitative estimate of drug-likeness (QED) is 0.357. The van der Waals surface area contributed by atoms with Crippen LogP contribution in [0.2, 0.25) is 0 Å². The molecule has 0 aliphatic carbocycles. The van der Waals surface area contributed by atoms with Crippen molar-refractivity contribution in [3.05, 3.63) is 76.3 Å². The molecule has 5 rings (SSSR count). The zero-order valence-electron chi connectivity index (χ0n) is 22.2. The first-order chi connectivity index (χ1) is 19.1. The maximum Gasteiger partial charge on any atom is 0.244 e. The summed E-state index contributed by atoms with van der Waals surface area (Å²) in [6, 6.07) is 16.4. The number of allylic oxidation sites excluding steroid dienone is 1. The number of rotatable bonds is 10. The first-order valence-corrected chi connectivity index (χ1v) is 14.1. The van der Waals surface area contributed by atoms with Crippen molar-refractivity contribution in [1.29, 1.82) is 5.26 Å². The number of nitrogens with two attached hydrogens (primary N) is 1. The molecule has 9 nitrogen and oxygen atoms in total. The lowest BCUT2D eigenvalue weighted by Gasteiger charge is -2.27. The molecule has 3 heterocycles. The predicted molar refractivity (Wildman–Crippen MR) is 149 cm³/mol. The first kappa shape index (κ1) is 26.9. The number of nitrogens with one attached hydrogen (secondary N) is 1. The van der Waals surface area contributed by atoms with Gasteiger partial charge in [0.2, 0.25) is 11.8 Å². The molecular weight excluding hydrogens is 514 g/mol. The second-order valence-electron chi connectivity index (χ2n) is 9.39. The zero-order chi connectivity index (χ0) is 27.2. The van der Waals surface area contributed by atoms with Gasteiger partial charge in [0, 0.05) is 30.3 Å². The monoisotopic (exact) mass is 547 g/mol. The summed E-state index contributed by atoms with van der Waals surface area (Å²) in [5.74, 6) is 1.92. The van der Waals surface area contributed by atoms with Crippen LogP contribution in [0.3, 0.4) is 0 Å². The van der Waals surface area contributed by atoms with E-state index in [2.05, 4.69) is 52.4 Å². The number of H-pyrrole nitrogens is 1. The highest BCUT2D eigenvalue weighted by molar-refractivity contribution is 7.98. The van der Waals surface area contributed by atoms with Gasteiger partial charge in [-0.1, -0.05) is 23.8 Å². The molecule has 1 fully saturated rings. The number of aryl methyl sites for hydroxylation is 1. The van der Waals surface area contributed by atoms with Crippen LogP contribution < -0.4 is 19.9 Å². The minimum atomic E-state index is -0.451. The predicted octanol–water partition coefficient (Wildman–Crippen LogP) is 4.34. The largest absolute Gasteiger partial charge is 0.490 e. The molecule has 0 amide bonds. The fourth-order valence-corrected chi connectivity index (χ4v) is 5.60. The number of thioether (sulfide) groups is 1. The van der Waals surface area contributed by atoms with Crippen LogP contribution in [0.4, 0.5) is 0 Å². The maximum absolute atomic E-state index is 10.1. The molecule has 1 aromatic heterocycles. The van der Waals surface area contributed by atoms with Gasteiger partial charge in [-0.15, -0.1) is 16.9 Å². The van der Waals surface area contributed by atoms with Crippen molar-refractivity contribution >= 4 is 11.8 Å². The van der Waals surface area contributed by atoms with Gasteiger partial charge in [0.1, 0.15) is 18.2 Å². The number of nitrogens with zero attached hydrogens (tertiary/aromatic N) is 3. The molecule has 2 aliphatic heterocycles. The van der Waals surface area contributed by atoms with Crippen LogP contribution in [-0.4, -0.2) is 61.2 Å². The molecule has 0 spiro atoms. The van der Waals surface area contributed by atoms with Crippen LogP contribution in [-0.2, 0) is 10.5 Å². The average Bonchev–Trinajstić information content (AvgIpc) is 3.35. The number of benzene rings is 2. The van der Waals surface area contributed by atoms with Crippen molar-refractivity contribution in [3.8, 4) is 23.4 Å². The number of hydrogen-bond acceptors (Lipinski definition) is 9. The van der Waals surface area contributed by atoms with E-state index in [9.17, 15) is 5.26 Å². The van der Waals surface area contributed by atoms with E-state index in [1.54, 1.807) is 11.8 Å². The molecule has 0 saturated carbocycles. The number of fused-ring (bicyclic) bond motifs is 1. The van der Waals surface area contributed by atoms with Crippen LogP contribution in [0.15, 0.2) is 58.8 Å². The summed E-state index contributed by atoms with van der Waals surface area (Å²) in [4.78, 5) is 3.47. The van der Waals surface area contributed by atoms with E-state index < -0.39 is 5.92 Å². The van der Waals surface area contributed by atoms with Crippen LogP contribution in [0.25, 0.3) is 0 Å². The molecule has 3 N–H and O–H groups in total. The van der Waals surface area contributed by atoms with Gasteiger partial charge in [0.05, 0.1) is 37.0 Å². The Morgan fingerprint density at radius 1 is 1.15 bits per heavy atom. The Kier molecular flexibility index (Phi) is 8.61. The Hall–Kier alpha value is -3.65. The summed E-state index contributed by atoms with van der Waals surface area (Å²) < 4.78 is 23.3. The lowest BCUT2D eigenvalue weighted by Crippen LogP contribution is -2.38. The summed E-state index contributed by atoms with van der Waals surface area (Å²) in [5, 5.41) is 17.6. The SMILES string of the molecule is CCOc1cc(C2C(C#N)=C(N)Oc3n[nH]c(CSc4ccc(C)cc4)c32)ccc1OCCN1CCOCC1. The Balaban J connectivity index is 1.41. The van der Waals surface area contributed by atoms with Gasteiger partial charge in [-0.3, -0.25) is 10.00 Å². The Labute approximate surface area is 232 Å². The van der Waals surface area contributed by atoms with Crippen molar-refractivity contribution < 1.29 is 18.9 Å². The molecule has 2 aliphatic rings. The fraction of sp³-hybridized carbons (Fsp3) is 0.379. The van der Waals surface area contributed by atoms with Crippen molar-refractivity contribution in [2.24, 2.45) is 5.73 Å². The van der Waals surface area contributed by atoms with Crippen molar-refractivity contribution in [2.45, 2.75) is 30.4 Å². The van der Waals surface area contributed by atoms with Gasteiger partial charge in [0.15, 0.2) is 11.5 Å². The molecule has 39 heavy (non-hydrogen) atoms. The Morgan fingerprint density at radius 3 is 2.69 bits per heavy atom. The number of nitriles is 1. The van der Waals surface area contributed by atoms with E-state index >= 15 is 0 Å². The third kappa shape index (κ3) is 6.17. The maximum atomic E-state index is 10.1. The highest BCUT2D eigenvalue weighted by Crippen LogP contribution is 2.45. The van der Waals surface area contributed by atoms with Gasteiger partial charge >= 0.3 is 0 Å². The van der Waals surface area contributed by atoms with E-state index in [0.29, 0.717) is 41.9 Å². The number of ether oxygens (including phenoxy) is 4. The molecule has 0 bridgehead atoms. The number of morpholine rings is 1. The summed E-state index contributed by atoms with van der Waals surface area (Å²) in [6.45, 7) is 9.17. The smallest absolute Gasteiger partial charge is 0.244 e. The van der Waals surface area contributed by atoms with Gasteiger partial charge in [-0.2, -0.15) is 5.26 Å². The average molecular weight is 548 g/mol. The van der Waals surface area contributed by atoms with Crippen LogP contribution in [0.1, 0.15) is 35.2 Å². The lowest BCUT2D eigenvalue weighted by molar-refractivity contribution is 0.0321. The summed E-state index contributed by atoms with van der Waals surface area (Å²) >= 11 is 1.69. The zero-order valence-corrected chi connectivity index (χ0v) is 23.1. The van der Waals surface area contributed by atoms with Crippen molar-refractivity contribution in [3.63, 3.8) is 0 Å². The first-order valence-electron chi connectivity index (χ1n) is 13.1. The Morgan fingerprint density at radius 2 is 1.95 bits per heavy atom. The van der Waals surface area contributed by atoms with Crippen LogP contribution in [0.5, 0.6) is 17.4 Å². The fourth-order valence-electron chi connectivity index (χ4n) is 4.74. The van der Waals surface area contributed by atoms with E-state index in [1.807, 2.05) is 25.1 Å². The van der Waals surface area contributed by atoms with E-state index in [0.717, 1.165) is 54.6 Å². The Bertz CT molecular complexity index is 1360. The number of hydrogen-bond donors (Lipinski definition) is 2. The number of aromatic amines is 1. The third-order valence-electron chi connectivity index (χ3n) is 6.79. The number of aromatic nitrogens is 2. The summed E-state index contributed by atoms with van der Waals surface area (Å²) in [5.41, 5.74) is 10.3. The molecule has 1 atom stereocenters. The summed E-state index contributed by atoms with van der Waals surface area (Å²) in [6.07, 6.45) is 0. The van der Waals surface area contributed by atoms with Gasteiger partial charge < -0.3 is 24.7 Å². The second-order valence-corrected chi connectivity index (χ2v) is 10.4. The molecule has 204 valence electrons. The highest BCUT2D eigenvalue weighted by atomic mass is 32.2. The topological polar surface area (TPSA) is 119 Å². The van der Waals surface area contributed by atoms with E-state index in [1.165, 1.54) is 5.56 Å². The molecular formula is C29H33N5O4S. The molecule has 1 saturated heterocycles. The summed E-state index contributed by atoms with van der Waals surface area (Å²) in [7, 11) is 0. The van der Waals surface area contributed by atoms with E-state index in [4.69, 9.17) is 24.7 Å².